The molecule has 1 amide bonds. The van der Waals surface area contributed by atoms with Gasteiger partial charge in [-0.05, 0) is 19.8 Å². The first-order chi connectivity index (χ1) is 12.0. The Hall–Kier alpha value is -2.15. The number of aryl methyl sites for hydroxylation is 2. The van der Waals surface area contributed by atoms with Gasteiger partial charge in [0.2, 0.25) is 5.91 Å². The molecule has 0 saturated carbocycles. The molecule has 7 heteroatoms. The van der Waals surface area contributed by atoms with Gasteiger partial charge in [-0.15, -0.1) is 0 Å². The second-order valence-corrected chi connectivity index (χ2v) is 7.01. The monoisotopic (exact) mass is 346 g/mol. The van der Waals surface area contributed by atoms with Crippen LogP contribution in [0.5, 0.6) is 0 Å². The SMILES string of the molecule is Cc1nn(C)cc1CN1CCN(C(=O)C2CC=CCC2C(=O)O)CC1. The van der Waals surface area contributed by atoms with Crippen LogP contribution in [0.2, 0.25) is 0 Å². The molecule has 1 aliphatic heterocycles. The first-order valence-corrected chi connectivity index (χ1v) is 8.83. The van der Waals surface area contributed by atoms with Crippen LogP contribution in [0.4, 0.5) is 0 Å². The molecule has 0 radical (unpaired) electrons. The molecule has 3 rings (SSSR count). The number of carbonyl (C=O) groups is 2. The summed E-state index contributed by atoms with van der Waals surface area (Å²) < 4.78 is 1.83. The number of aliphatic carboxylic acids is 1. The first kappa shape index (κ1) is 17.7. The van der Waals surface area contributed by atoms with Gasteiger partial charge in [-0.3, -0.25) is 19.2 Å². The second-order valence-electron chi connectivity index (χ2n) is 7.01. The van der Waals surface area contributed by atoms with E-state index in [-0.39, 0.29) is 5.91 Å². The number of hydrogen-bond acceptors (Lipinski definition) is 4. The number of nitrogens with zero attached hydrogens (tertiary/aromatic N) is 4. The summed E-state index contributed by atoms with van der Waals surface area (Å²) in [5, 5.41) is 13.7. The van der Waals surface area contributed by atoms with E-state index >= 15 is 0 Å². The second kappa shape index (κ2) is 7.39. The van der Waals surface area contributed by atoms with Gasteiger partial charge in [0, 0.05) is 51.5 Å². The summed E-state index contributed by atoms with van der Waals surface area (Å²) in [6, 6.07) is 0. The van der Waals surface area contributed by atoms with E-state index in [2.05, 4.69) is 10.00 Å². The van der Waals surface area contributed by atoms with E-state index in [9.17, 15) is 14.7 Å². The third-order valence-corrected chi connectivity index (χ3v) is 5.26. The fourth-order valence-corrected chi connectivity index (χ4v) is 3.77. The number of amides is 1. The van der Waals surface area contributed by atoms with Crippen LogP contribution in [0.15, 0.2) is 18.3 Å². The Kier molecular flexibility index (Phi) is 5.22. The summed E-state index contributed by atoms with van der Waals surface area (Å²) in [5.74, 6) is -1.88. The molecule has 2 heterocycles. The Morgan fingerprint density at radius 3 is 2.36 bits per heavy atom. The number of hydrogen-bond donors (Lipinski definition) is 1. The molecule has 1 saturated heterocycles. The lowest BCUT2D eigenvalue weighted by Crippen LogP contribution is -2.51. The highest BCUT2D eigenvalue weighted by Crippen LogP contribution is 2.28. The van der Waals surface area contributed by atoms with E-state index in [4.69, 9.17) is 0 Å². The van der Waals surface area contributed by atoms with Gasteiger partial charge in [0.25, 0.3) is 0 Å². The van der Waals surface area contributed by atoms with Crippen molar-refractivity contribution in [1.82, 2.24) is 19.6 Å². The highest BCUT2D eigenvalue weighted by molar-refractivity contribution is 5.85. The molecule has 1 aromatic heterocycles. The number of carboxylic acids is 1. The van der Waals surface area contributed by atoms with E-state index < -0.39 is 17.8 Å². The van der Waals surface area contributed by atoms with E-state index in [0.717, 1.165) is 25.3 Å². The van der Waals surface area contributed by atoms with E-state index in [1.807, 2.05) is 41.9 Å². The van der Waals surface area contributed by atoms with Crippen LogP contribution in [0.1, 0.15) is 24.1 Å². The van der Waals surface area contributed by atoms with Gasteiger partial charge >= 0.3 is 5.97 Å². The Morgan fingerprint density at radius 2 is 1.80 bits per heavy atom. The van der Waals surface area contributed by atoms with Crippen LogP contribution in [0, 0.1) is 18.8 Å². The summed E-state index contributed by atoms with van der Waals surface area (Å²) in [7, 11) is 1.92. The van der Waals surface area contributed by atoms with Crippen LogP contribution in [0.3, 0.4) is 0 Å². The minimum absolute atomic E-state index is 0.00559. The van der Waals surface area contributed by atoms with Crippen LogP contribution >= 0.6 is 0 Å². The van der Waals surface area contributed by atoms with Crippen LogP contribution in [0.25, 0.3) is 0 Å². The molecule has 0 aromatic carbocycles. The summed E-state index contributed by atoms with van der Waals surface area (Å²) >= 11 is 0. The molecule has 7 nitrogen and oxygen atoms in total. The predicted molar refractivity (Wildman–Crippen MR) is 92.8 cm³/mol. The van der Waals surface area contributed by atoms with Crippen LogP contribution in [-0.4, -0.2) is 62.7 Å². The molecule has 2 aliphatic rings. The topological polar surface area (TPSA) is 78.7 Å². The lowest BCUT2D eigenvalue weighted by molar-refractivity contribution is -0.151. The molecular formula is C18H26N4O3. The first-order valence-electron chi connectivity index (χ1n) is 8.83. The Morgan fingerprint density at radius 1 is 1.16 bits per heavy atom. The van der Waals surface area contributed by atoms with Crippen molar-refractivity contribution < 1.29 is 14.7 Å². The Labute approximate surface area is 147 Å². The number of carbonyl (C=O) groups excluding carboxylic acids is 1. The van der Waals surface area contributed by atoms with E-state index in [1.165, 1.54) is 5.56 Å². The molecule has 2 unspecified atom stereocenters. The van der Waals surface area contributed by atoms with Crippen molar-refractivity contribution in [2.75, 3.05) is 26.2 Å². The van der Waals surface area contributed by atoms with Crippen LogP contribution < -0.4 is 0 Å². The molecule has 1 fully saturated rings. The quantitative estimate of drug-likeness (QED) is 0.824. The Bertz CT molecular complexity index is 674. The van der Waals surface area contributed by atoms with Crippen LogP contribution in [-0.2, 0) is 23.2 Å². The maximum atomic E-state index is 12.8. The van der Waals surface area contributed by atoms with E-state index in [1.54, 1.807) is 0 Å². The summed E-state index contributed by atoms with van der Waals surface area (Å²) in [4.78, 5) is 28.4. The van der Waals surface area contributed by atoms with Crippen molar-refractivity contribution in [2.45, 2.75) is 26.3 Å². The van der Waals surface area contributed by atoms with Gasteiger partial charge in [0.05, 0.1) is 17.5 Å². The fourth-order valence-electron chi connectivity index (χ4n) is 3.77. The van der Waals surface area contributed by atoms with Crippen molar-refractivity contribution in [2.24, 2.45) is 18.9 Å². The number of aromatic nitrogens is 2. The minimum Gasteiger partial charge on any atom is -0.481 e. The summed E-state index contributed by atoms with van der Waals surface area (Å²) in [6.45, 7) is 5.78. The smallest absolute Gasteiger partial charge is 0.307 e. The molecule has 0 bridgehead atoms. The van der Waals surface area contributed by atoms with Gasteiger partial charge < -0.3 is 10.0 Å². The number of carboxylic acid groups (broad SMARTS) is 1. The maximum absolute atomic E-state index is 12.8. The normalized spacial score (nSPS) is 24.5. The third kappa shape index (κ3) is 3.92. The molecule has 1 aliphatic carbocycles. The largest absolute Gasteiger partial charge is 0.481 e. The van der Waals surface area contributed by atoms with Crippen molar-refractivity contribution in [3.63, 3.8) is 0 Å². The molecule has 1 aromatic rings. The highest BCUT2D eigenvalue weighted by atomic mass is 16.4. The Balaban J connectivity index is 1.56. The van der Waals surface area contributed by atoms with Gasteiger partial charge in [-0.1, -0.05) is 12.2 Å². The lowest BCUT2D eigenvalue weighted by Gasteiger charge is -2.37. The number of allylic oxidation sites excluding steroid dienone is 2. The van der Waals surface area contributed by atoms with Crippen molar-refractivity contribution in [3.8, 4) is 0 Å². The number of piperazine rings is 1. The molecule has 136 valence electrons. The average Bonchev–Trinajstić information content (AvgIpc) is 2.92. The summed E-state index contributed by atoms with van der Waals surface area (Å²) in [5.41, 5.74) is 2.25. The maximum Gasteiger partial charge on any atom is 0.307 e. The third-order valence-electron chi connectivity index (χ3n) is 5.26. The lowest BCUT2D eigenvalue weighted by atomic mass is 9.82. The minimum atomic E-state index is -0.867. The van der Waals surface area contributed by atoms with Gasteiger partial charge in [-0.25, -0.2) is 0 Å². The van der Waals surface area contributed by atoms with Crippen molar-refractivity contribution in [1.29, 1.82) is 0 Å². The van der Waals surface area contributed by atoms with Crippen molar-refractivity contribution >= 4 is 11.9 Å². The molecule has 25 heavy (non-hydrogen) atoms. The molecule has 0 spiro atoms. The van der Waals surface area contributed by atoms with Crippen molar-refractivity contribution in [3.05, 3.63) is 29.6 Å². The predicted octanol–water partition coefficient (Wildman–Crippen LogP) is 1.04. The molecule has 2 atom stereocenters. The zero-order valence-electron chi connectivity index (χ0n) is 14.9. The standard InChI is InChI=1S/C18H26N4O3/c1-13-14(11-20(2)19-13)12-21-7-9-22(10-8-21)17(23)15-5-3-4-6-16(15)18(24)25/h3-4,11,15-16H,5-10,12H2,1-2H3,(H,24,25). The zero-order valence-corrected chi connectivity index (χ0v) is 14.9. The zero-order chi connectivity index (χ0) is 18.0. The molecular weight excluding hydrogens is 320 g/mol. The van der Waals surface area contributed by atoms with E-state index in [0.29, 0.717) is 25.9 Å². The van der Waals surface area contributed by atoms with Gasteiger partial charge in [0.1, 0.15) is 0 Å². The fraction of sp³-hybridized carbons (Fsp3) is 0.611. The number of rotatable bonds is 4. The summed E-state index contributed by atoms with van der Waals surface area (Å²) in [6.07, 6.45) is 6.83. The average molecular weight is 346 g/mol. The molecule has 1 N–H and O–H groups in total. The van der Waals surface area contributed by atoms with Gasteiger partial charge in [-0.2, -0.15) is 5.10 Å². The highest BCUT2D eigenvalue weighted by Gasteiger charge is 2.37. The van der Waals surface area contributed by atoms with Gasteiger partial charge in [0.15, 0.2) is 0 Å².